The van der Waals surface area contributed by atoms with Crippen LogP contribution < -0.4 is 10.1 Å². The smallest absolute Gasteiger partial charge is 0.252 e. The van der Waals surface area contributed by atoms with E-state index in [1.165, 1.54) is 10.6 Å². The van der Waals surface area contributed by atoms with Crippen molar-refractivity contribution in [2.24, 2.45) is 0 Å². The Kier molecular flexibility index (Phi) is 5.92. The number of benzene rings is 1. The van der Waals surface area contributed by atoms with Gasteiger partial charge in [0.15, 0.2) is 5.65 Å². The molecule has 0 spiro atoms. The Morgan fingerprint density at radius 2 is 2.10 bits per heavy atom. The Hall–Kier alpha value is -2.98. The third kappa shape index (κ3) is 4.70. The minimum Gasteiger partial charge on any atom is -0.497 e. The lowest BCUT2D eigenvalue weighted by molar-refractivity contribution is 0.0953. The van der Waals surface area contributed by atoms with Crippen LogP contribution in [0.1, 0.15) is 34.1 Å². The van der Waals surface area contributed by atoms with Crippen LogP contribution in [0, 0.1) is 0 Å². The van der Waals surface area contributed by atoms with E-state index in [2.05, 4.69) is 15.5 Å². The third-order valence-corrected chi connectivity index (χ3v) is 6.78. The molecule has 0 unspecified atom stereocenters. The molecular formula is C21H25N5O4S. The molecule has 9 nitrogen and oxygen atoms in total. The van der Waals surface area contributed by atoms with E-state index in [4.69, 9.17) is 4.74 Å². The fraction of sp³-hybridized carbons (Fsp3) is 0.381. The van der Waals surface area contributed by atoms with Gasteiger partial charge in [0.1, 0.15) is 11.6 Å². The number of methoxy groups -OCH3 is 1. The highest BCUT2D eigenvalue weighted by molar-refractivity contribution is 7.88. The first kappa shape index (κ1) is 21.3. The monoisotopic (exact) mass is 443 g/mol. The van der Waals surface area contributed by atoms with Crippen molar-refractivity contribution in [3.8, 4) is 5.75 Å². The van der Waals surface area contributed by atoms with Gasteiger partial charge in [-0.3, -0.25) is 9.20 Å². The van der Waals surface area contributed by atoms with Gasteiger partial charge in [0.05, 0.1) is 18.9 Å². The predicted molar refractivity (Wildman–Crippen MR) is 116 cm³/mol. The minimum atomic E-state index is -3.24. The molecule has 1 N–H and O–H groups in total. The van der Waals surface area contributed by atoms with Gasteiger partial charge in [-0.15, -0.1) is 10.2 Å². The molecule has 1 aromatic carbocycles. The lowest BCUT2D eigenvalue weighted by atomic mass is 10.1. The Bertz CT molecular complexity index is 1210. The van der Waals surface area contributed by atoms with Crippen LogP contribution in [0.4, 0.5) is 0 Å². The summed E-state index contributed by atoms with van der Waals surface area (Å²) >= 11 is 0. The van der Waals surface area contributed by atoms with Crippen molar-refractivity contribution in [2.75, 3.05) is 33.0 Å². The average molecular weight is 444 g/mol. The molecule has 164 valence electrons. The second-order valence-electron chi connectivity index (χ2n) is 7.67. The number of pyridine rings is 1. The first-order valence-electron chi connectivity index (χ1n) is 10.1. The molecule has 1 aliphatic rings. The molecule has 0 aliphatic carbocycles. The van der Waals surface area contributed by atoms with Gasteiger partial charge in [0.25, 0.3) is 5.91 Å². The molecule has 0 radical (unpaired) electrons. The number of rotatable bonds is 7. The van der Waals surface area contributed by atoms with Crippen molar-refractivity contribution < 1.29 is 17.9 Å². The highest BCUT2D eigenvalue weighted by atomic mass is 32.2. The number of hydrogen-bond donors (Lipinski definition) is 1. The Morgan fingerprint density at radius 1 is 1.26 bits per heavy atom. The molecule has 2 aromatic heterocycles. The van der Waals surface area contributed by atoms with E-state index in [1.54, 1.807) is 29.8 Å². The summed E-state index contributed by atoms with van der Waals surface area (Å²) in [7, 11) is -1.61. The van der Waals surface area contributed by atoms with Crippen molar-refractivity contribution in [1.29, 1.82) is 0 Å². The van der Waals surface area contributed by atoms with E-state index < -0.39 is 10.0 Å². The molecule has 10 heteroatoms. The first-order valence-corrected chi connectivity index (χ1v) is 11.9. The highest BCUT2D eigenvalue weighted by Gasteiger charge is 2.32. The molecule has 1 atom stereocenters. The number of aromatic nitrogens is 3. The van der Waals surface area contributed by atoms with Gasteiger partial charge in [-0.25, -0.2) is 12.7 Å². The summed E-state index contributed by atoms with van der Waals surface area (Å²) in [4.78, 5) is 12.7. The largest absolute Gasteiger partial charge is 0.497 e. The van der Waals surface area contributed by atoms with Crippen LogP contribution >= 0.6 is 0 Å². The Morgan fingerprint density at radius 3 is 2.84 bits per heavy atom. The molecule has 3 heterocycles. The summed E-state index contributed by atoms with van der Waals surface area (Å²) in [5.74, 6) is 1.22. The second-order valence-corrected chi connectivity index (χ2v) is 9.65. The van der Waals surface area contributed by atoms with Gasteiger partial charge in [-0.1, -0.05) is 12.1 Å². The van der Waals surface area contributed by atoms with E-state index in [9.17, 15) is 13.2 Å². The highest BCUT2D eigenvalue weighted by Crippen LogP contribution is 2.27. The maximum Gasteiger partial charge on any atom is 0.252 e. The van der Waals surface area contributed by atoms with Crippen molar-refractivity contribution in [2.45, 2.75) is 18.8 Å². The summed E-state index contributed by atoms with van der Waals surface area (Å²) in [5, 5.41) is 11.4. The summed E-state index contributed by atoms with van der Waals surface area (Å²) in [5.41, 5.74) is 2.20. The van der Waals surface area contributed by atoms with Gasteiger partial charge in [-0.2, -0.15) is 0 Å². The molecule has 0 bridgehead atoms. The van der Waals surface area contributed by atoms with E-state index in [1.807, 2.05) is 24.3 Å². The number of ether oxygens (including phenoxy) is 1. The van der Waals surface area contributed by atoms with Crippen LogP contribution in [-0.2, 0) is 16.4 Å². The molecule has 31 heavy (non-hydrogen) atoms. The van der Waals surface area contributed by atoms with Gasteiger partial charge >= 0.3 is 0 Å². The molecule has 1 saturated heterocycles. The number of carbonyl (C=O) groups is 1. The summed E-state index contributed by atoms with van der Waals surface area (Å²) < 4.78 is 32.1. The molecule has 1 fully saturated rings. The third-order valence-electron chi connectivity index (χ3n) is 5.51. The van der Waals surface area contributed by atoms with E-state index in [0.29, 0.717) is 49.5 Å². The molecular weight excluding hydrogens is 418 g/mol. The molecule has 4 rings (SSSR count). The topological polar surface area (TPSA) is 106 Å². The van der Waals surface area contributed by atoms with E-state index in [-0.39, 0.29) is 11.8 Å². The molecule has 1 amide bonds. The van der Waals surface area contributed by atoms with Crippen molar-refractivity contribution in [1.82, 2.24) is 24.2 Å². The Balaban J connectivity index is 1.45. The van der Waals surface area contributed by atoms with Gasteiger partial charge in [-0.05, 0) is 42.7 Å². The number of sulfonamides is 1. The zero-order valence-electron chi connectivity index (χ0n) is 17.5. The second kappa shape index (κ2) is 8.64. The molecule has 0 saturated carbocycles. The Labute approximate surface area is 181 Å². The normalized spacial score (nSPS) is 17.2. The quantitative estimate of drug-likeness (QED) is 0.593. The van der Waals surface area contributed by atoms with Crippen LogP contribution in [0.15, 0.2) is 42.6 Å². The van der Waals surface area contributed by atoms with E-state index >= 15 is 0 Å². The fourth-order valence-electron chi connectivity index (χ4n) is 3.81. The fourth-order valence-corrected chi connectivity index (χ4v) is 4.70. The standard InChI is InChI=1S/C21H25N5O4S/c1-30-18-5-3-4-15(12-18)8-10-22-21(27)17-6-7-19-23-24-20(26(19)14-17)16-9-11-25(13-16)31(2,28)29/h3-7,12,14,16H,8-11,13H2,1-2H3,(H,22,27)/t16-/m1/s1. The van der Waals surface area contributed by atoms with Crippen LogP contribution in [-0.4, -0.2) is 66.2 Å². The maximum absolute atomic E-state index is 12.7. The number of carbonyl (C=O) groups excluding carboxylic acids is 1. The summed E-state index contributed by atoms with van der Waals surface area (Å²) in [6.07, 6.45) is 4.29. The van der Waals surface area contributed by atoms with Gasteiger partial charge in [0.2, 0.25) is 10.0 Å². The lowest BCUT2D eigenvalue weighted by Gasteiger charge is -2.12. The summed E-state index contributed by atoms with van der Waals surface area (Å²) in [6.45, 7) is 1.32. The van der Waals surface area contributed by atoms with Crippen LogP contribution in [0.3, 0.4) is 0 Å². The molecule has 1 aliphatic heterocycles. The number of nitrogens with zero attached hydrogens (tertiary/aromatic N) is 4. The van der Waals surface area contributed by atoms with Crippen LogP contribution in [0.2, 0.25) is 0 Å². The zero-order chi connectivity index (χ0) is 22.0. The predicted octanol–water partition coefficient (Wildman–Crippen LogP) is 1.46. The number of nitrogens with one attached hydrogen (secondary N) is 1. The number of amides is 1. The van der Waals surface area contributed by atoms with Crippen LogP contribution in [0.25, 0.3) is 5.65 Å². The zero-order valence-corrected chi connectivity index (χ0v) is 18.3. The molecule has 3 aromatic rings. The van der Waals surface area contributed by atoms with Crippen molar-refractivity contribution >= 4 is 21.6 Å². The van der Waals surface area contributed by atoms with Crippen molar-refractivity contribution in [3.63, 3.8) is 0 Å². The van der Waals surface area contributed by atoms with Crippen LogP contribution in [0.5, 0.6) is 5.75 Å². The van der Waals surface area contributed by atoms with Gasteiger partial charge in [0, 0.05) is 31.7 Å². The van der Waals surface area contributed by atoms with Gasteiger partial charge < -0.3 is 10.1 Å². The summed E-state index contributed by atoms with van der Waals surface area (Å²) in [6, 6.07) is 11.2. The minimum absolute atomic E-state index is 0.0592. The maximum atomic E-state index is 12.7. The number of hydrogen-bond acceptors (Lipinski definition) is 6. The van der Waals surface area contributed by atoms with E-state index in [0.717, 1.165) is 11.3 Å². The lowest BCUT2D eigenvalue weighted by Crippen LogP contribution is -2.27. The SMILES string of the molecule is COc1cccc(CCNC(=O)c2ccc3nnc([C@@H]4CCN(S(C)(=O)=O)C4)n3c2)c1. The number of fused-ring (bicyclic) bond motifs is 1. The first-order chi connectivity index (χ1) is 14.8. The average Bonchev–Trinajstić information content (AvgIpc) is 3.40. The van der Waals surface area contributed by atoms with Crippen molar-refractivity contribution in [3.05, 3.63) is 59.5 Å².